The molecular weight excluding hydrogens is 272 g/mol. The lowest BCUT2D eigenvalue weighted by Crippen LogP contribution is -2.46. The first-order valence-corrected chi connectivity index (χ1v) is 7.76. The lowest BCUT2D eigenvalue weighted by Gasteiger charge is -2.22. The molecule has 0 spiro atoms. The summed E-state index contributed by atoms with van der Waals surface area (Å²) in [6, 6.07) is 7.93. The van der Waals surface area contributed by atoms with Gasteiger partial charge in [0.25, 0.3) is 0 Å². The van der Waals surface area contributed by atoms with Gasteiger partial charge in [-0.15, -0.1) is 0 Å². The Morgan fingerprint density at radius 3 is 2.55 bits per heavy atom. The predicted molar refractivity (Wildman–Crippen MR) is 82.9 cm³/mol. The zero-order valence-electron chi connectivity index (χ0n) is 12.2. The Bertz CT molecular complexity index is 458. The third-order valence-electron chi connectivity index (χ3n) is 3.97. The largest absolute Gasteiger partial charge is 0.352 e. The number of carbonyl (C=O) groups excluding carboxylic acids is 1. The minimum Gasteiger partial charge on any atom is -0.352 e. The molecule has 0 aromatic heterocycles. The number of halogens is 1. The fraction of sp³-hybridized carbons (Fsp3) is 0.562. The first kappa shape index (κ1) is 15.3. The van der Waals surface area contributed by atoms with Crippen LogP contribution in [0.15, 0.2) is 24.3 Å². The van der Waals surface area contributed by atoms with E-state index >= 15 is 0 Å². The Labute approximate surface area is 126 Å². The SMILES string of the molecule is CC(N[C@@H](C)c1ccccc1Cl)C(=O)NC1CCCC1. The molecule has 0 saturated heterocycles. The highest BCUT2D eigenvalue weighted by atomic mass is 35.5. The van der Waals surface area contributed by atoms with Crippen LogP contribution in [0.3, 0.4) is 0 Å². The quantitative estimate of drug-likeness (QED) is 0.873. The van der Waals surface area contributed by atoms with Gasteiger partial charge >= 0.3 is 0 Å². The van der Waals surface area contributed by atoms with Crippen molar-refractivity contribution in [3.63, 3.8) is 0 Å². The highest BCUT2D eigenvalue weighted by Crippen LogP contribution is 2.22. The third kappa shape index (κ3) is 3.97. The number of rotatable bonds is 5. The van der Waals surface area contributed by atoms with Gasteiger partial charge in [-0.25, -0.2) is 0 Å². The van der Waals surface area contributed by atoms with E-state index in [0.29, 0.717) is 6.04 Å². The van der Waals surface area contributed by atoms with Crippen LogP contribution in [-0.4, -0.2) is 18.0 Å². The first-order chi connectivity index (χ1) is 9.58. The van der Waals surface area contributed by atoms with E-state index in [2.05, 4.69) is 10.6 Å². The van der Waals surface area contributed by atoms with Gasteiger partial charge in [-0.05, 0) is 38.3 Å². The average Bonchev–Trinajstić information content (AvgIpc) is 2.91. The van der Waals surface area contributed by atoms with Crippen molar-refractivity contribution in [1.29, 1.82) is 0 Å². The highest BCUT2D eigenvalue weighted by molar-refractivity contribution is 6.31. The van der Waals surface area contributed by atoms with Crippen molar-refractivity contribution in [2.45, 2.75) is 57.7 Å². The highest BCUT2D eigenvalue weighted by Gasteiger charge is 2.22. The molecule has 1 aliphatic carbocycles. The van der Waals surface area contributed by atoms with E-state index in [1.165, 1.54) is 12.8 Å². The van der Waals surface area contributed by atoms with Crippen LogP contribution in [0.5, 0.6) is 0 Å². The zero-order chi connectivity index (χ0) is 14.5. The number of hydrogen-bond acceptors (Lipinski definition) is 2. The summed E-state index contributed by atoms with van der Waals surface area (Å²) in [6.07, 6.45) is 4.67. The van der Waals surface area contributed by atoms with Crippen molar-refractivity contribution in [3.05, 3.63) is 34.9 Å². The molecule has 1 amide bonds. The fourth-order valence-corrected chi connectivity index (χ4v) is 3.06. The summed E-state index contributed by atoms with van der Waals surface area (Å²) in [5.41, 5.74) is 1.02. The molecule has 1 unspecified atom stereocenters. The van der Waals surface area contributed by atoms with E-state index in [4.69, 9.17) is 11.6 Å². The van der Waals surface area contributed by atoms with Crippen LogP contribution < -0.4 is 10.6 Å². The van der Waals surface area contributed by atoms with Crippen LogP contribution in [-0.2, 0) is 4.79 Å². The van der Waals surface area contributed by atoms with E-state index in [0.717, 1.165) is 23.4 Å². The molecule has 1 fully saturated rings. The lowest BCUT2D eigenvalue weighted by molar-refractivity contribution is -0.123. The molecule has 0 aliphatic heterocycles. The van der Waals surface area contributed by atoms with Crippen LogP contribution >= 0.6 is 11.6 Å². The molecule has 1 saturated carbocycles. The Morgan fingerprint density at radius 2 is 1.90 bits per heavy atom. The molecular formula is C16H23ClN2O. The molecule has 0 heterocycles. The maximum atomic E-state index is 12.1. The number of amides is 1. The number of benzene rings is 1. The minimum absolute atomic E-state index is 0.0491. The van der Waals surface area contributed by atoms with Gasteiger partial charge < -0.3 is 5.32 Å². The third-order valence-corrected chi connectivity index (χ3v) is 4.31. The predicted octanol–water partition coefficient (Wildman–Crippen LogP) is 3.44. The van der Waals surface area contributed by atoms with Crippen molar-refractivity contribution in [3.8, 4) is 0 Å². The number of carbonyl (C=O) groups is 1. The second kappa shape index (κ2) is 7.09. The smallest absolute Gasteiger partial charge is 0.237 e. The lowest BCUT2D eigenvalue weighted by atomic mass is 10.1. The van der Waals surface area contributed by atoms with Gasteiger partial charge in [0.2, 0.25) is 5.91 Å². The summed E-state index contributed by atoms with van der Waals surface area (Å²) < 4.78 is 0. The molecule has 0 radical (unpaired) electrons. The molecule has 3 nitrogen and oxygen atoms in total. The minimum atomic E-state index is -0.220. The second-order valence-electron chi connectivity index (χ2n) is 5.62. The molecule has 1 aromatic rings. The van der Waals surface area contributed by atoms with Crippen molar-refractivity contribution < 1.29 is 4.79 Å². The number of nitrogens with one attached hydrogen (secondary N) is 2. The molecule has 1 aliphatic rings. The van der Waals surface area contributed by atoms with Crippen molar-refractivity contribution in [1.82, 2.24) is 10.6 Å². The molecule has 2 N–H and O–H groups in total. The summed E-state index contributed by atoms with van der Waals surface area (Å²) >= 11 is 6.18. The van der Waals surface area contributed by atoms with Crippen molar-refractivity contribution >= 4 is 17.5 Å². The number of hydrogen-bond donors (Lipinski definition) is 2. The van der Waals surface area contributed by atoms with Crippen LogP contribution in [0.4, 0.5) is 0 Å². The van der Waals surface area contributed by atoms with Crippen LogP contribution in [0.1, 0.15) is 51.1 Å². The Balaban J connectivity index is 1.88. The Hall–Kier alpha value is -1.06. The fourth-order valence-electron chi connectivity index (χ4n) is 2.76. The van der Waals surface area contributed by atoms with Gasteiger partial charge in [0.1, 0.15) is 0 Å². The van der Waals surface area contributed by atoms with Gasteiger partial charge in [-0.2, -0.15) is 0 Å². The van der Waals surface area contributed by atoms with Gasteiger partial charge in [-0.3, -0.25) is 10.1 Å². The molecule has 2 atom stereocenters. The van der Waals surface area contributed by atoms with Crippen LogP contribution in [0.25, 0.3) is 0 Å². The van der Waals surface area contributed by atoms with Gasteiger partial charge in [0.05, 0.1) is 6.04 Å². The van der Waals surface area contributed by atoms with Gasteiger partial charge in [0, 0.05) is 17.1 Å². The normalized spacial score (nSPS) is 18.8. The Kier molecular flexibility index (Phi) is 5.44. The Morgan fingerprint density at radius 1 is 1.25 bits per heavy atom. The molecule has 110 valence electrons. The topological polar surface area (TPSA) is 41.1 Å². The first-order valence-electron chi connectivity index (χ1n) is 7.39. The van der Waals surface area contributed by atoms with Crippen molar-refractivity contribution in [2.75, 3.05) is 0 Å². The second-order valence-corrected chi connectivity index (χ2v) is 6.03. The van der Waals surface area contributed by atoms with Crippen molar-refractivity contribution in [2.24, 2.45) is 0 Å². The molecule has 2 rings (SSSR count). The van der Waals surface area contributed by atoms with E-state index in [-0.39, 0.29) is 18.0 Å². The molecule has 20 heavy (non-hydrogen) atoms. The van der Waals surface area contributed by atoms with Crippen LogP contribution in [0.2, 0.25) is 5.02 Å². The average molecular weight is 295 g/mol. The summed E-state index contributed by atoms with van der Waals surface area (Å²) in [7, 11) is 0. The monoisotopic (exact) mass is 294 g/mol. The van der Waals surface area contributed by atoms with E-state index in [1.54, 1.807) is 0 Å². The van der Waals surface area contributed by atoms with Gasteiger partial charge in [-0.1, -0.05) is 42.6 Å². The summed E-state index contributed by atoms with van der Waals surface area (Å²) in [4.78, 5) is 12.1. The zero-order valence-corrected chi connectivity index (χ0v) is 12.9. The van der Waals surface area contributed by atoms with E-state index in [1.807, 2.05) is 38.1 Å². The van der Waals surface area contributed by atoms with E-state index < -0.39 is 0 Å². The standard InChI is InChI=1S/C16H23ClN2O/c1-11(14-9-5-6-10-15(14)17)18-12(2)16(20)19-13-7-3-4-8-13/h5-6,9-13,18H,3-4,7-8H2,1-2H3,(H,19,20)/t11-,12?/m0/s1. The van der Waals surface area contributed by atoms with Gasteiger partial charge in [0.15, 0.2) is 0 Å². The molecule has 0 bridgehead atoms. The van der Waals surface area contributed by atoms with E-state index in [9.17, 15) is 4.79 Å². The maximum Gasteiger partial charge on any atom is 0.237 e. The van der Waals surface area contributed by atoms with Crippen LogP contribution in [0, 0.1) is 0 Å². The molecule has 1 aromatic carbocycles. The molecule has 4 heteroatoms. The maximum absolute atomic E-state index is 12.1. The summed E-state index contributed by atoms with van der Waals surface area (Å²) in [5, 5.41) is 7.16. The summed E-state index contributed by atoms with van der Waals surface area (Å²) in [5.74, 6) is 0.0794. The summed E-state index contributed by atoms with van der Waals surface area (Å²) in [6.45, 7) is 3.93.